The Kier molecular flexibility index (Phi) is 8.87. The van der Waals surface area contributed by atoms with Crippen molar-refractivity contribution in [2.45, 2.75) is 115 Å². The van der Waals surface area contributed by atoms with Crippen LogP contribution in [0, 0.1) is 5.41 Å². The quantitative estimate of drug-likeness (QED) is 0.318. The Bertz CT molecular complexity index is 1420. The molecule has 1 N–H and O–H groups in total. The van der Waals surface area contributed by atoms with E-state index in [1.54, 1.807) is 0 Å². The molecular formula is C35H47F3N2O4Si. The van der Waals surface area contributed by atoms with Crippen molar-refractivity contribution in [3.05, 3.63) is 63.7 Å². The molecule has 1 saturated heterocycles. The minimum absolute atomic E-state index is 0.00252. The standard InChI is InChI=1S/C35H47F3N2O4Si/c1-33(2,3)45(4,5)44-27-20-34(13-6-14-34)19-26-29(27)28(22-9-15-42-16-10-22)30(31(40-26)23-11-17-43-18-12-23)32(41)25-8-7-24(21-39-25)35(36,37)38/h7-9,21,23,27,32,41H,6,10-20H2,1-5H3/t27-,32+/m0/s1. The molecule has 2 fully saturated rings. The number of rotatable bonds is 6. The molecule has 0 amide bonds. The van der Waals surface area contributed by atoms with Gasteiger partial charge in [-0.25, -0.2) is 0 Å². The SMILES string of the molecule is CC(C)(C)[Si](C)(C)O[C@H]1CC2(CCC2)Cc2nc(C3CCOCC3)c([C@H](O)c3ccc(C(F)(F)F)cn3)c(C3=CCOCC3)c21. The summed E-state index contributed by atoms with van der Waals surface area (Å²) in [7, 11) is -2.23. The van der Waals surface area contributed by atoms with Crippen LogP contribution >= 0.6 is 0 Å². The van der Waals surface area contributed by atoms with Crippen molar-refractivity contribution in [2.24, 2.45) is 5.41 Å². The number of hydrogen-bond acceptors (Lipinski definition) is 6. The van der Waals surface area contributed by atoms with E-state index in [-0.39, 0.29) is 28.2 Å². The molecule has 4 heterocycles. The number of aliphatic hydroxyl groups excluding tert-OH is 1. The van der Waals surface area contributed by atoms with Crippen LogP contribution in [0.3, 0.4) is 0 Å². The summed E-state index contributed by atoms with van der Waals surface area (Å²) in [5.74, 6) is 0.0568. The third-order valence-electron chi connectivity index (χ3n) is 11.1. The summed E-state index contributed by atoms with van der Waals surface area (Å²) in [6.07, 6.45) is 4.47. The highest BCUT2D eigenvalue weighted by Gasteiger charge is 2.50. The minimum Gasteiger partial charge on any atom is -0.410 e. The van der Waals surface area contributed by atoms with Gasteiger partial charge in [0.05, 0.1) is 36.3 Å². The number of hydrogen-bond donors (Lipinski definition) is 1. The van der Waals surface area contributed by atoms with E-state index in [2.05, 4.69) is 44.9 Å². The number of nitrogens with zero attached hydrogens (tertiary/aromatic N) is 2. The van der Waals surface area contributed by atoms with Gasteiger partial charge in [-0.05, 0) is 91.8 Å². The molecule has 2 aromatic heterocycles. The van der Waals surface area contributed by atoms with Gasteiger partial charge in [-0.2, -0.15) is 13.2 Å². The maximum Gasteiger partial charge on any atom is 0.417 e. The topological polar surface area (TPSA) is 73.7 Å². The zero-order valence-corrected chi connectivity index (χ0v) is 28.2. The molecule has 1 saturated carbocycles. The van der Waals surface area contributed by atoms with Crippen LogP contribution in [0.1, 0.15) is 123 Å². The number of aliphatic hydroxyl groups is 1. The molecule has 1 spiro atoms. The van der Waals surface area contributed by atoms with Gasteiger partial charge < -0.3 is 19.0 Å². The van der Waals surface area contributed by atoms with Gasteiger partial charge in [0.25, 0.3) is 0 Å². The third-order valence-corrected chi connectivity index (χ3v) is 15.6. The van der Waals surface area contributed by atoms with Gasteiger partial charge in [0, 0.05) is 42.1 Å². The van der Waals surface area contributed by atoms with Crippen LogP contribution in [0.4, 0.5) is 13.2 Å². The fourth-order valence-corrected chi connectivity index (χ4v) is 8.59. The van der Waals surface area contributed by atoms with Crippen LogP contribution in [0.2, 0.25) is 18.1 Å². The number of pyridine rings is 2. The highest BCUT2D eigenvalue weighted by molar-refractivity contribution is 6.74. The Hall–Kier alpha value is -2.11. The molecule has 10 heteroatoms. The fraction of sp³-hybridized carbons (Fsp3) is 0.657. The normalized spacial score (nSPS) is 23.3. The molecular weight excluding hydrogens is 597 g/mol. The van der Waals surface area contributed by atoms with E-state index in [1.807, 2.05) is 0 Å². The highest BCUT2D eigenvalue weighted by Crippen LogP contribution is 2.58. The molecule has 246 valence electrons. The van der Waals surface area contributed by atoms with Gasteiger partial charge in [0.2, 0.25) is 0 Å². The number of fused-ring (bicyclic) bond motifs is 1. The first kappa shape index (κ1) is 32.8. The largest absolute Gasteiger partial charge is 0.417 e. The smallest absolute Gasteiger partial charge is 0.410 e. The summed E-state index contributed by atoms with van der Waals surface area (Å²) in [6.45, 7) is 13.5. The second-order valence-electron chi connectivity index (χ2n) is 15.1. The van der Waals surface area contributed by atoms with Gasteiger partial charge >= 0.3 is 6.18 Å². The van der Waals surface area contributed by atoms with Crippen molar-refractivity contribution in [1.82, 2.24) is 9.97 Å². The van der Waals surface area contributed by atoms with E-state index in [1.165, 1.54) is 12.5 Å². The van der Waals surface area contributed by atoms with Crippen molar-refractivity contribution in [1.29, 1.82) is 0 Å². The Morgan fingerprint density at radius 3 is 2.36 bits per heavy atom. The maximum absolute atomic E-state index is 13.5. The van der Waals surface area contributed by atoms with Crippen LogP contribution in [0.25, 0.3) is 5.57 Å². The average Bonchev–Trinajstić information content (AvgIpc) is 2.98. The molecule has 45 heavy (non-hydrogen) atoms. The third kappa shape index (κ3) is 6.42. The highest BCUT2D eigenvalue weighted by atomic mass is 28.4. The summed E-state index contributed by atoms with van der Waals surface area (Å²) >= 11 is 0. The van der Waals surface area contributed by atoms with Crippen molar-refractivity contribution in [2.75, 3.05) is 26.4 Å². The first-order valence-electron chi connectivity index (χ1n) is 16.5. The molecule has 0 unspecified atom stereocenters. The molecule has 4 aliphatic rings. The molecule has 2 aliphatic carbocycles. The van der Waals surface area contributed by atoms with Crippen LogP contribution in [0.15, 0.2) is 24.4 Å². The van der Waals surface area contributed by atoms with Gasteiger partial charge in [-0.1, -0.05) is 33.3 Å². The molecule has 6 rings (SSSR count). The lowest BCUT2D eigenvalue weighted by molar-refractivity contribution is -0.137. The number of alkyl halides is 3. The van der Waals surface area contributed by atoms with Crippen molar-refractivity contribution in [3.8, 4) is 0 Å². The van der Waals surface area contributed by atoms with Gasteiger partial charge in [-0.3, -0.25) is 9.97 Å². The zero-order chi connectivity index (χ0) is 32.2. The number of halogens is 3. The molecule has 2 aromatic rings. The fourth-order valence-electron chi connectivity index (χ4n) is 7.32. The molecule has 6 nitrogen and oxygen atoms in total. The first-order valence-corrected chi connectivity index (χ1v) is 19.4. The van der Waals surface area contributed by atoms with E-state index in [9.17, 15) is 18.3 Å². The Morgan fingerprint density at radius 1 is 1.07 bits per heavy atom. The van der Waals surface area contributed by atoms with Crippen molar-refractivity contribution in [3.63, 3.8) is 0 Å². The summed E-state index contributed by atoms with van der Waals surface area (Å²) < 4.78 is 59.1. The van der Waals surface area contributed by atoms with E-state index in [0.29, 0.717) is 38.4 Å². The van der Waals surface area contributed by atoms with Gasteiger partial charge in [-0.15, -0.1) is 0 Å². The van der Waals surface area contributed by atoms with Crippen molar-refractivity contribution < 1.29 is 32.2 Å². The Balaban J connectivity index is 1.59. The Labute approximate surface area is 265 Å². The Morgan fingerprint density at radius 2 is 1.80 bits per heavy atom. The second kappa shape index (κ2) is 12.2. The molecule has 2 atom stereocenters. The molecule has 0 radical (unpaired) electrons. The van der Waals surface area contributed by atoms with Crippen molar-refractivity contribution >= 4 is 13.9 Å². The summed E-state index contributed by atoms with van der Waals surface area (Å²) in [4.78, 5) is 9.64. The number of ether oxygens (including phenoxy) is 2. The second-order valence-corrected chi connectivity index (χ2v) is 19.8. The summed E-state index contributed by atoms with van der Waals surface area (Å²) in [6, 6.07) is 2.30. The lowest BCUT2D eigenvalue weighted by Crippen LogP contribution is -2.46. The van der Waals surface area contributed by atoms with E-state index in [0.717, 1.165) is 78.9 Å². The van der Waals surface area contributed by atoms with Crippen LogP contribution < -0.4 is 0 Å². The van der Waals surface area contributed by atoms with Gasteiger partial charge in [0.15, 0.2) is 8.32 Å². The van der Waals surface area contributed by atoms with E-state index in [4.69, 9.17) is 18.9 Å². The summed E-state index contributed by atoms with van der Waals surface area (Å²) in [5.41, 5.74) is 5.15. The molecule has 0 bridgehead atoms. The van der Waals surface area contributed by atoms with Crippen LogP contribution in [-0.4, -0.2) is 49.8 Å². The maximum atomic E-state index is 13.5. The monoisotopic (exact) mass is 644 g/mol. The van der Waals surface area contributed by atoms with Crippen LogP contribution in [0.5, 0.6) is 0 Å². The van der Waals surface area contributed by atoms with Gasteiger partial charge in [0.1, 0.15) is 6.10 Å². The molecule has 0 aromatic carbocycles. The predicted molar refractivity (Wildman–Crippen MR) is 169 cm³/mol. The lowest BCUT2D eigenvalue weighted by Gasteiger charge is -2.51. The number of aromatic nitrogens is 2. The molecule has 2 aliphatic heterocycles. The van der Waals surface area contributed by atoms with E-state index < -0.39 is 26.2 Å². The van der Waals surface area contributed by atoms with Crippen LogP contribution in [-0.2, 0) is 26.5 Å². The minimum atomic E-state index is -4.51. The lowest BCUT2D eigenvalue weighted by atomic mass is 9.59. The van der Waals surface area contributed by atoms with E-state index >= 15 is 0 Å². The average molecular weight is 645 g/mol. The zero-order valence-electron chi connectivity index (χ0n) is 27.2. The first-order chi connectivity index (χ1) is 21.2. The predicted octanol–water partition coefficient (Wildman–Crippen LogP) is 8.45. The summed E-state index contributed by atoms with van der Waals surface area (Å²) in [5, 5.41) is 12.2.